The monoisotopic (exact) mass is 269 g/mol. The number of rotatable bonds is 2. The molecule has 3 atom stereocenters. The summed E-state index contributed by atoms with van der Waals surface area (Å²) in [6.45, 7) is 4.25. The highest BCUT2D eigenvalue weighted by Gasteiger charge is 2.27. The molecule has 0 spiro atoms. The fraction of sp³-hybridized carbons (Fsp3) is 0.889. The lowest BCUT2D eigenvalue weighted by molar-refractivity contribution is 0.0510. The summed E-state index contributed by atoms with van der Waals surface area (Å²) in [7, 11) is 0.807. The topological polar surface area (TPSA) is 72.5 Å². The molecule has 0 radical (unpaired) electrons. The molecule has 0 saturated heterocycles. The van der Waals surface area contributed by atoms with Crippen LogP contribution in [0, 0.1) is 11.8 Å². The first-order valence-corrected chi connectivity index (χ1v) is 7.52. The van der Waals surface area contributed by atoms with Gasteiger partial charge in [0.05, 0.1) is 0 Å². The van der Waals surface area contributed by atoms with Crippen molar-refractivity contribution < 1.29 is 17.9 Å². The van der Waals surface area contributed by atoms with E-state index in [0.717, 1.165) is 19.3 Å². The van der Waals surface area contributed by atoms with E-state index in [-0.39, 0.29) is 6.10 Å². The van der Waals surface area contributed by atoms with Crippen molar-refractivity contribution in [2.75, 3.05) is 0 Å². The number of halogens is 1. The molecule has 5 nitrogen and oxygen atoms in total. The van der Waals surface area contributed by atoms with Crippen molar-refractivity contribution in [2.45, 2.75) is 39.2 Å². The summed E-state index contributed by atoms with van der Waals surface area (Å²) in [5.41, 5.74) is 0. The predicted octanol–water partition coefficient (Wildman–Crippen LogP) is 2.02. The average molecular weight is 270 g/mol. The molecule has 0 bridgehead atoms. The van der Waals surface area contributed by atoms with Crippen LogP contribution in [-0.4, -0.2) is 20.6 Å². The van der Waals surface area contributed by atoms with Gasteiger partial charge in [-0.25, -0.2) is 9.52 Å². The van der Waals surface area contributed by atoms with Crippen LogP contribution in [0.1, 0.15) is 33.1 Å². The zero-order valence-corrected chi connectivity index (χ0v) is 10.8. The standard InChI is InChI=1S/C9H16ClNO4S/c1-6-3-4-8(5-7(6)2)15-9(12)11-16(10,13)14/h6-8H,3-5H2,1-2H3,(H,11,12). The first-order chi connectivity index (χ1) is 7.28. The minimum absolute atomic E-state index is 0.218. The fourth-order valence-electron chi connectivity index (χ4n) is 1.88. The second-order valence-corrected chi connectivity index (χ2v) is 6.63. The quantitative estimate of drug-likeness (QED) is 0.779. The van der Waals surface area contributed by atoms with Gasteiger partial charge in [0.1, 0.15) is 6.10 Å². The summed E-state index contributed by atoms with van der Waals surface area (Å²) in [5.74, 6) is 1.08. The molecule has 1 fully saturated rings. The number of hydrogen-bond donors (Lipinski definition) is 1. The van der Waals surface area contributed by atoms with Gasteiger partial charge in [-0.1, -0.05) is 13.8 Å². The molecule has 3 unspecified atom stereocenters. The van der Waals surface area contributed by atoms with Gasteiger partial charge in [-0.15, -0.1) is 0 Å². The lowest BCUT2D eigenvalue weighted by Crippen LogP contribution is -2.34. The summed E-state index contributed by atoms with van der Waals surface area (Å²) in [6.07, 6.45) is 1.29. The van der Waals surface area contributed by atoms with Crippen molar-refractivity contribution in [1.82, 2.24) is 4.72 Å². The molecule has 94 valence electrons. The van der Waals surface area contributed by atoms with E-state index < -0.39 is 15.3 Å². The number of amides is 1. The third-order valence-corrected chi connectivity index (χ3v) is 3.67. The molecule has 1 rings (SSSR count). The van der Waals surface area contributed by atoms with Gasteiger partial charge in [-0.2, -0.15) is 8.42 Å². The minimum Gasteiger partial charge on any atom is -0.446 e. The molecule has 1 amide bonds. The Morgan fingerprint density at radius 3 is 2.44 bits per heavy atom. The third-order valence-electron chi connectivity index (χ3n) is 3.03. The van der Waals surface area contributed by atoms with Crippen LogP contribution in [0.3, 0.4) is 0 Å². The van der Waals surface area contributed by atoms with E-state index in [2.05, 4.69) is 13.8 Å². The highest BCUT2D eigenvalue weighted by molar-refractivity contribution is 8.12. The van der Waals surface area contributed by atoms with Crippen molar-refractivity contribution in [2.24, 2.45) is 11.8 Å². The smallest absolute Gasteiger partial charge is 0.422 e. The Morgan fingerprint density at radius 1 is 1.31 bits per heavy atom. The summed E-state index contributed by atoms with van der Waals surface area (Å²) >= 11 is 0. The molecule has 0 aromatic heterocycles. The van der Waals surface area contributed by atoms with Crippen LogP contribution in [0.15, 0.2) is 0 Å². The van der Waals surface area contributed by atoms with E-state index in [9.17, 15) is 13.2 Å². The van der Waals surface area contributed by atoms with E-state index in [1.54, 1.807) is 4.72 Å². The number of carbonyl (C=O) groups excluding carboxylic acids is 1. The van der Waals surface area contributed by atoms with Gasteiger partial charge in [0.15, 0.2) is 0 Å². The summed E-state index contributed by atoms with van der Waals surface area (Å²) in [5, 5.41) is 0. The zero-order valence-electron chi connectivity index (χ0n) is 9.27. The highest BCUT2D eigenvalue weighted by atomic mass is 35.7. The SMILES string of the molecule is CC1CCC(OC(=O)NS(=O)(=O)Cl)CC1C. The molecule has 16 heavy (non-hydrogen) atoms. The molecule has 1 aliphatic rings. The fourth-order valence-corrected chi connectivity index (χ4v) is 2.32. The molecule has 7 heteroatoms. The molecule has 1 saturated carbocycles. The second-order valence-electron chi connectivity index (χ2n) is 4.33. The van der Waals surface area contributed by atoms with E-state index in [4.69, 9.17) is 15.4 Å². The normalized spacial score (nSPS) is 30.8. The van der Waals surface area contributed by atoms with Crippen molar-refractivity contribution in [3.05, 3.63) is 0 Å². The van der Waals surface area contributed by atoms with Gasteiger partial charge in [-0.3, -0.25) is 0 Å². The number of ether oxygens (including phenoxy) is 1. The lowest BCUT2D eigenvalue weighted by atomic mass is 9.80. The van der Waals surface area contributed by atoms with Crippen molar-refractivity contribution >= 4 is 26.0 Å². The largest absolute Gasteiger partial charge is 0.446 e. The lowest BCUT2D eigenvalue weighted by Gasteiger charge is -2.31. The van der Waals surface area contributed by atoms with Crippen LogP contribution in [0.5, 0.6) is 0 Å². The Labute approximate surface area is 100 Å². The van der Waals surface area contributed by atoms with Crippen molar-refractivity contribution in [1.29, 1.82) is 0 Å². The second kappa shape index (κ2) is 5.23. The molecule has 0 aliphatic heterocycles. The minimum atomic E-state index is -4.05. The maximum atomic E-state index is 11.1. The van der Waals surface area contributed by atoms with Crippen LogP contribution < -0.4 is 4.72 Å². The van der Waals surface area contributed by atoms with Crippen molar-refractivity contribution in [3.8, 4) is 0 Å². The van der Waals surface area contributed by atoms with Crippen LogP contribution >= 0.6 is 10.7 Å². The number of carbonyl (C=O) groups is 1. The van der Waals surface area contributed by atoms with Gasteiger partial charge in [0.25, 0.3) is 0 Å². The Morgan fingerprint density at radius 2 is 1.94 bits per heavy atom. The number of hydrogen-bond acceptors (Lipinski definition) is 4. The van der Waals surface area contributed by atoms with Gasteiger partial charge >= 0.3 is 15.3 Å². The van der Waals surface area contributed by atoms with E-state index in [1.807, 2.05) is 0 Å². The molecule has 0 aromatic carbocycles. The van der Waals surface area contributed by atoms with Crippen LogP contribution in [0.2, 0.25) is 0 Å². The van der Waals surface area contributed by atoms with Crippen LogP contribution in [-0.2, 0) is 14.0 Å². The van der Waals surface area contributed by atoms with Crippen molar-refractivity contribution in [3.63, 3.8) is 0 Å². The molecule has 1 aliphatic carbocycles. The number of nitrogens with one attached hydrogen (secondary N) is 1. The molecular weight excluding hydrogens is 254 g/mol. The zero-order chi connectivity index (χ0) is 12.3. The Balaban J connectivity index is 2.41. The summed E-state index contributed by atoms with van der Waals surface area (Å²) in [4.78, 5) is 11.1. The molecule has 0 heterocycles. The molecular formula is C9H16ClNO4S. The van der Waals surface area contributed by atoms with Crippen LogP contribution in [0.25, 0.3) is 0 Å². The summed E-state index contributed by atoms with van der Waals surface area (Å²) in [6, 6.07) is 0. The Bertz CT molecular complexity index is 357. The first-order valence-electron chi connectivity index (χ1n) is 5.21. The van der Waals surface area contributed by atoms with E-state index in [1.165, 1.54) is 0 Å². The maximum Gasteiger partial charge on any atom is 0.422 e. The highest BCUT2D eigenvalue weighted by Crippen LogP contribution is 2.30. The molecule has 0 aromatic rings. The first kappa shape index (κ1) is 13.6. The predicted molar refractivity (Wildman–Crippen MR) is 60.4 cm³/mol. The van der Waals surface area contributed by atoms with Crippen LogP contribution in [0.4, 0.5) is 4.79 Å². The van der Waals surface area contributed by atoms with E-state index >= 15 is 0 Å². The Hall–Kier alpha value is -0.490. The Kier molecular flexibility index (Phi) is 4.43. The molecule has 1 N–H and O–H groups in total. The van der Waals surface area contributed by atoms with Gasteiger partial charge in [0.2, 0.25) is 0 Å². The average Bonchev–Trinajstić information content (AvgIpc) is 2.08. The maximum absolute atomic E-state index is 11.1. The summed E-state index contributed by atoms with van der Waals surface area (Å²) < 4.78 is 27.6. The van der Waals surface area contributed by atoms with Gasteiger partial charge < -0.3 is 4.74 Å². The van der Waals surface area contributed by atoms with Gasteiger partial charge in [-0.05, 0) is 31.1 Å². The third kappa shape index (κ3) is 4.57. The van der Waals surface area contributed by atoms with Gasteiger partial charge in [0, 0.05) is 10.7 Å². The van der Waals surface area contributed by atoms with E-state index in [0.29, 0.717) is 11.8 Å².